The lowest BCUT2D eigenvalue weighted by Gasteiger charge is -2.13. The number of fused-ring (bicyclic) bond motifs is 1. The van der Waals surface area contributed by atoms with E-state index in [1.54, 1.807) is 36.4 Å². The highest BCUT2D eigenvalue weighted by Crippen LogP contribution is 2.33. The quantitative estimate of drug-likeness (QED) is 0.408. The van der Waals surface area contributed by atoms with Gasteiger partial charge in [-0.1, -0.05) is 19.1 Å². The minimum absolute atomic E-state index is 0.0195. The van der Waals surface area contributed by atoms with E-state index in [1.807, 2.05) is 31.2 Å². The number of carbonyl (C=O) groups is 1. The first-order valence-electron chi connectivity index (χ1n) is 9.80. The predicted octanol–water partition coefficient (Wildman–Crippen LogP) is 5.63. The third-order valence-electron chi connectivity index (χ3n) is 4.81. The Morgan fingerprint density at radius 1 is 1.13 bits per heavy atom. The summed E-state index contributed by atoms with van der Waals surface area (Å²) in [5.41, 5.74) is 2.75. The molecular formula is C24H22N2O4. The number of aromatic hydroxyl groups is 1. The van der Waals surface area contributed by atoms with Gasteiger partial charge in [-0.05, 0) is 67.9 Å². The van der Waals surface area contributed by atoms with Crippen LogP contribution in [0.1, 0.15) is 30.6 Å². The van der Waals surface area contributed by atoms with E-state index in [9.17, 15) is 9.90 Å². The van der Waals surface area contributed by atoms with Crippen LogP contribution in [0.5, 0.6) is 11.5 Å². The van der Waals surface area contributed by atoms with Crippen molar-refractivity contribution in [1.29, 1.82) is 0 Å². The summed E-state index contributed by atoms with van der Waals surface area (Å²) in [6, 6.07) is 19.1. The molecule has 0 saturated heterocycles. The Bertz CT molecular complexity index is 1150. The zero-order valence-electron chi connectivity index (χ0n) is 16.8. The number of phenols is 1. The second kappa shape index (κ2) is 8.29. The molecule has 1 atom stereocenters. The van der Waals surface area contributed by atoms with Crippen LogP contribution in [0.25, 0.3) is 22.6 Å². The van der Waals surface area contributed by atoms with Gasteiger partial charge in [0, 0.05) is 11.3 Å². The summed E-state index contributed by atoms with van der Waals surface area (Å²) >= 11 is 0. The van der Waals surface area contributed by atoms with Gasteiger partial charge in [0.2, 0.25) is 5.89 Å². The zero-order chi connectivity index (χ0) is 21.1. The van der Waals surface area contributed by atoms with Gasteiger partial charge < -0.3 is 19.6 Å². The van der Waals surface area contributed by atoms with Crippen LogP contribution >= 0.6 is 0 Å². The number of anilines is 1. The monoisotopic (exact) mass is 402 g/mol. The number of ether oxygens (including phenoxy) is 1. The molecule has 1 amide bonds. The second-order valence-electron chi connectivity index (χ2n) is 7.03. The van der Waals surface area contributed by atoms with E-state index in [1.165, 1.54) is 6.07 Å². The molecule has 6 nitrogen and oxygen atoms in total. The molecule has 4 aromatic rings. The van der Waals surface area contributed by atoms with Gasteiger partial charge in [-0.25, -0.2) is 4.98 Å². The van der Waals surface area contributed by atoms with E-state index in [4.69, 9.17) is 9.15 Å². The molecule has 0 bridgehead atoms. The number of amides is 1. The summed E-state index contributed by atoms with van der Waals surface area (Å²) in [6.45, 7) is 4.05. The molecule has 0 saturated carbocycles. The van der Waals surface area contributed by atoms with Crippen molar-refractivity contribution < 1.29 is 19.1 Å². The largest absolute Gasteiger partial charge is 0.507 e. The number of rotatable bonds is 6. The van der Waals surface area contributed by atoms with Crippen molar-refractivity contribution in [1.82, 2.24) is 4.98 Å². The molecule has 0 fully saturated rings. The number of nitrogens with zero attached hydrogens (tertiary/aromatic N) is 1. The number of para-hydroxylation sites is 2. The summed E-state index contributed by atoms with van der Waals surface area (Å²) < 4.78 is 11.5. The van der Waals surface area contributed by atoms with Crippen LogP contribution in [0.4, 0.5) is 5.69 Å². The Hall–Kier alpha value is -3.80. The molecule has 6 heteroatoms. The van der Waals surface area contributed by atoms with Gasteiger partial charge in [-0.15, -0.1) is 0 Å². The average molecular weight is 402 g/mol. The smallest absolute Gasteiger partial charge is 0.255 e. The van der Waals surface area contributed by atoms with Gasteiger partial charge in [0.1, 0.15) is 17.0 Å². The number of hydrogen-bond acceptors (Lipinski definition) is 5. The first kappa shape index (κ1) is 19.5. The fourth-order valence-corrected chi connectivity index (χ4v) is 2.98. The molecule has 1 unspecified atom stereocenters. The molecule has 1 heterocycles. The van der Waals surface area contributed by atoms with E-state index >= 15 is 0 Å². The first-order chi connectivity index (χ1) is 14.5. The van der Waals surface area contributed by atoms with E-state index in [2.05, 4.69) is 17.2 Å². The van der Waals surface area contributed by atoms with Crippen molar-refractivity contribution in [2.75, 3.05) is 5.32 Å². The van der Waals surface area contributed by atoms with Gasteiger partial charge >= 0.3 is 0 Å². The Balaban J connectivity index is 1.53. The minimum atomic E-state index is -0.265. The Kier molecular flexibility index (Phi) is 5.39. The van der Waals surface area contributed by atoms with Crippen LogP contribution in [0.15, 0.2) is 71.1 Å². The minimum Gasteiger partial charge on any atom is -0.507 e. The maximum atomic E-state index is 12.6. The Morgan fingerprint density at radius 2 is 1.90 bits per heavy atom. The number of nitrogens with one attached hydrogen (secondary N) is 1. The number of phenolic OH excluding ortho intramolecular Hbond substituents is 1. The topological polar surface area (TPSA) is 84.6 Å². The summed E-state index contributed by atoms with van der Waals surface area (Å²) in [5.74, 6) is 0.769. The van der Waals surface area contributed by atoms with Crippen LogP contribution in [0.2, 0.25) is 0 Å². The summed E-state index contributed by atoms with van der Waals surface area (Å²) in [7, 11) is 0. The molecule has 0 aliphatic heterocycles. The fourth-order valence-electron chi connectivity index (χ4n) is 2.98. The maximum Gasteiger partial charge on any atom is 0.255 e. The second-order valence-corrected chi connectivity index (χ2v) is 7.03. The lowest BCUT2D eigenvalue weighted by molar-refractivity contribution is 0.102. The molecule has 0 radical (unpaired) electrons. The van der Waals surface area contributed by atoms with Crippen LogP contribution in [0, 0.1) is 0 Å². The highest BCUT2D eigenvalue weighted by Gasteiger charge is 2.14. The lowest BCUT2D eigenvalue weighted by Crippen LogP contribution is -2.12. The van der Waals surface area contributed by atoms with Gasteiger partial charge in [0.15, 0.2) is 5.58 Å². The van der Waals surface area contributed by atoms with Crippen LogP contribution in [-0.2, 0) is 0 Å². The molecule has 30 heavy (non-hydrogen) atoms. The van der Waals surface area contributed by atoms with Crippen LogP contribution in [0.3, 0.4) is 0 Å². The molecule has 1 aromatic heterocycles. The van der Waals surface area contributed by atoms with Crippen LogP contribution < -0.4 is 10.1 Å². The lowest BCUT2D eigenvalue weighted by atomic mass is 10.1. The van der Waals surface area contributed by atoms with Gasteiger partial charge in [0.05, 0.1) is 11.7 Å². The van der Waals surface area contributed by atoms with Crippen molar-refractivity contribution in [2.24, 2.45) is 0 Å². The SMILES string of the molecule is CCC(C)Oc1ccc(C(=O)Nc2ccc(O)c(-c3nc4ccccc4o3)c2)cc1. The first-order valence-corrected chi connectivity index (χ1v) is 9.80. The molecule has 3 aromatic carbocycles. The van der Waals surface area contributed by atoms with Crippen molar-refractivity contribution in [3.8, 4) is 23.0 Å². The number of carbonyl (C=O) groups excluding carboxylic acids is 1. The number of benzene rings is 3. The average Bonchev–Trinajstić information content (AvgIpc) is 3.19. The van der Waals surface area contributed by atoms with Crippen molar-refractivity contribution in [3.63, 3.8) is 0 Å². The number of hydrogen-bond donors (Lipinski definition) is 2. The van der Waals surface area contributed by atoms with Crippen LogP contribution in [-0.4, -0.2) is 22.1 Å². The summed E-state index contributed by atoms with van der Waals surface area (Å²) in [4.78, 5) is 17.0. The van der Waals surface area contributed by atoms with E-state index < -0.39 is 0 Å². The van der Waals surface area contributed by atoms with E-state index in [-0.39, 0.29) is 23.7 Å². The Labute approximate surface area is 174 Å². The Morgan fingerprint density at radius 3 is 2.63 bits per heavy atom. The third-order valence-corrected chi connectivity index (χ3v) is 4.81. The molecule has 0 aliphatic carbocycles. The summed E-state index contributed by atoms with van der Waals surface area (Å²) in [6.07, 6.45) is 1.03. The molecule has 2 N–H and O–H groups in total. The van der Waals surface area contributed by atoms with E-state index in [0.29, 0.717) is 27.9 Å². The normalized spacial score (nSPS) is 11.9. The van der Waals surface area contributed by atoms with Gasteiger partial charge in [-0.3, -0.25) is 4.79 Å². The fraction of sp³-hybridized carbons (Fsp3) is 0.167. The molecule has 0 aliphatic rings. The zero-order valence-corrected chi connectivity index (χ0v) is 16.8. The van der Waals surface area contributed by atoms with E-state index in [0.717, 1.165) is 12.2 Å². The number of aromatic nitrogens is 1. The standard InChI is InChI=1S/C24H22N2O4/c1-3-15(2)29-18-11-8-16(9-12-18)23(28)25-17-10-13-21(27)19(14-17)24-26-20-6-4-5-7-22(20)30-24/h4-15,27H,3H2,1-2H3,(H,25,28). The van der Waals surface area contributed by atoms with Gasteiger partial charge in [0.25, 0.3) is 5.91 Å². The third kappa shape index (κ3) is 4.12. The van der Waals surface area contributed by atoms with Gasteiger partial charge in [-0.2, -0.15) is 0 Å². The number of oxazole rings is 1. The molecule has 4 rings (SSSR count). The maximum absolute atomic E-state index is 12.6. The molecule has 0 spiro atoms. The van der Waals surface area contributed by atoms with Crippen molar-refractivity contribution in [2.45, 2.75) is 26.4 Å². The van der Waals surface area contributed by atoms with Crippen molar-refractivity contribution >= 4 is 22.7 Å². The molecular weight excluding hydrogens is 380 g/mol. The highest BCUT2D eigenvalue weighted by molar-refractivity contribution is 6.04. The predicted molar refractivity (Wildman–Crippen MR) is 116 cm³/mol. The van der Waals surface area contributed by atoms with Crippen molar-refractivity contribution in [3.05, 3.63) is 72.3 Å². The highest BCUT2D eigenvalue weighted by atomic mass is 16.5. The summed E-state index contributed by atoms with van der Waals surface area (Å²) in [5, 5.41) is 13.1. The molecule has 152 valence electrons.